The lowest BCUT2D eigenvalue weighted by Gasteiger charge is -2.19. The first-order chi connectivity index (χ1) is 14.3. The van der Waals surface area contributed by atoms with Gasteiger partial charge in [0, 0.05) is 16.9 Å². The number of benzene rings is 2. The van der Waals surface area contributed by atoms with E-state index >= 15 is 0 Å². The van der Waals surface area contributed by atoms with E-state index in [1.807, 2.05) is 0 Å². The zero-order valence-electron chi connectivity index (χ0n) is 17.1. The van der Waals surface area contributed by atoms with Crippen LogP contribution in [0.1, 0.15) is 36.7 Å². The molecule has 0 atom stereocenters. The molecule has 0 saturated heterocycles. The second-order valence-corrected chi connectivity index (χ2v) is 7.51. The highest BCUT2D eigenvalue weighted by Crippen LogP contribution is 2.29. The maximum atomic E-state index is 12.6. The van der Waals surface area contributed by atoms with Gasteiger partial charge in [-0.2, -0.15) is 13.2 Å². The first-order valence-corrected chi connectivity index (χ1v) is 9.19. The Hall–Kier alpha value is -3.56. The van der Waals surface area contributed by atoms with Gasteiger partial charge in [-0.15, -0.1) is 0 Å². The van der Waals surface area contributed by atoms with Crippen LogP contribution in [0.25, 0.3) is 0 Å². The van der Waals surface area contributed by atoms with Gasteiger partial charge in [-0.1, -0.05) is 6.07 Å². The van der Waals surface area contributed by atoms with E-state index in [4.69, 9.17) is 4.74 Å². The molecule has 0 fully saturated rings. The fourth-order valence-corrected chi connectivity index (χ4v) is 2.36. The van der Waals surface area contributed by atoms with E-state index in [1.54, 1.807) is 39.0 Å². The molecule has 0 spiro atoms. The van der Waals surface area contributed by atoms with Crippen LogP contribution >= 0.6 is 0 Å². The molecule has 2 aromatic carbocycles. The van der Waals surface area contributed by atoms with Crippen molar-refractivity contribution < 1.29 is 32.3 Å². The third-order valence-electron chi connectivity index (χ3n) is 3.67. The van der Waals surface area contributed by atoms with Crippen molar-refractivity contribution in [2.75, 3.05) is 17.2 Å². The highest BCUT2D eigenvalue weighted by molar-refractivity contribution is 6.04. The number of hydrogen-bond donors (Lipinski definition) is 3. The van der Waals surface area contributed by atoms with Crippen molar-refractivity contribution in [1.29, 1.82) is 0 Å². The van der Waals surface area contributed by atoms with Gasteiger partial charge in [-0.25, -0.2) is 4.79 Å². The van der Waals surface area contributed by atoms with Gasteiger partial charge in [0.25, 0.3) is 5.91 Å². The van der Waals surface area contributed by atoms with E-state index in [9.17, 15) is 27.6 Å². The Morgan fingerprint density at radius 1 is 0.903 bits per heavy atom. The van der Waals surface area contributed by atoms with Gasteiger partial charge in [0.05, 0.1) is 5.56 Å². The molecule has 2 rings (SSSR count). The lowest BCUT2D eigenvalue weighted by atomic mass is 10.1. The number of amides is 3. The third kappa shape index (κ3) is 8.00. The summed E-state index contributed by atoms with van der Waals surface area (Å²) in [5.41, 5.74) is -0.832. The molecule has 0 aliphatic rings. The molecule has 0 unspecified atom stereocenters. The molecule has 3 amide bonds. The zero-order chi connectivity index (χ0) is 23.2. The minimum Gasteiger partial charge on any atom is -0.444 e. The monoisotopic (exact) mass is 437 g/mol. The van der Waals surface area contributed by atoms with Gasteiger partial charge in [0.1, 0.15) is 12.1 Å². The molecule has 7 nitrogen and oxygen atoms in total. The third-order valence-corrected chi connectivity index (χ3v) is 3.67. The van der Waals surface area contributed by atoms with Gasteiger partial charge in [0.2, 0.25) is 5.91 Å². The van der Waals surface area contributed by atoms with Crippen molar-refractivity contribution in [2.45, 2.75) is 32.5 Å². The molecule has 0 bridgehead atoms. The van der Waals surface area contributed by atoms with Crippen molar-refractivity contribution in [3.8, 4) is 0 Å². The normalized spacial score (nSPS) is 11.4. The zero-order valence-corrected chi connectivity index (χ0v) is 17.1. The SMILES string of the molecule is CC(C)(C)OC(=O)NCC(=O)Nc1cccc(NC(=O)c2ccc(C(F)(F)F)cc2)c1. The Morgan fingerprint density at radius 3 is 2.03 bits per heavy atom. The van der Waals surface area contributed by atoms with Gasteiger partial charge < -0.3 is 20.7 Å². The van der Waals surface area contributed by atoms with Crippen LogP contribution in [0.15, 0.2) is 48.5 Å². The Balaban J connectivity index is 1.93. The summed E-state index contributed by atoms with van der Waals surface area (Å²) in [7, 11) is 0. The summed E-state index contributed by atoms with van der Waals surface area (Å²) in [6, 6.07) is 9.95. The highest BCUT2D eigenvalue weighted by atomic mass is 19.4. The molecule has 3 N–H and O–H groups in total. The van der Waals surface area contributed by atoms with Crippen LogP contribution < -0.4 is 16.0 Å². The van der Waals surface area contributed by atoms with Crippen molar-refractivity contribution in [1.82, 2.24) is 5.32 Å². The maximum Gasteiger partial charge on any atom is 0.416 e. The first kappa shape index (κ1) is 23.7. The van der Waals surface area contributed by atoms with Crippen LogP contribution in [0, 0.1) is 0 Å². The van der Waals surface area contributed by atoms with Crippen molar-refractivity contribution in [3.05, 3.63) is 59.7 Å². The molecule has 0 aliphatic heterocycles. The molecule has 0 saturated carbocycles. The summed E-state index contributed by atoms with van der Waals surface area (Å²) in [6.45, 7) is 4.75. The number of alkyl halides is 3. The van der Waals surface area contributed by atoms with Gasteiger partial charge >= 0.3 is 12.3 Å². The minimum absolute atomic E-state index is 0.0454. The number of rotatable bonds is 5. The van der Waals surface area contributed by atoms with E-state index in [2.05, 4.69) is 16.0 Å². The average Bonchev–Trinajstić information content (AvgIpc) is 2.65. The van der Waals surface area contributed by atoms with Crippen LogP contribution in [0.4, 0.5) is 29.3 Å². The minimum atomic E-state index is -4.49. The van der Waals surface area contributed by atoms with Crippen LogP contribution in [-0.4, -0.2) is 30.1 Å². The van der Waals surface area contributed by atoms with Crippen molar-refractivity contribution in [2.24, 2.45) is 0 Å². The number of ether oxygens (including phenoxy) is 1. The highest BCUT2D eigenvalue weighted by Gasteiger charge is 2.30. The van der Waals surface area contributed by atoms with Crippen LogP contribution in [0.3, 0.4) is 0 Å². The van der Waals surface area contributed by atoms with Gasteiger partial charge in [0.15, 0.2) is 0 Å². The number of nitrogens with one attached hydrogen (secondary N) is 3. The fourth-order valence-electron chi connectivity index (χ4n) is 2.36. The van der Waals surface area contributed by atoms with Crippen LogP contribution in [0.5, 0.6) is 0 Å². The molecule has 10 heteroatoms. The second kappa shape index (κ2) is 9.50. The Morgan fingerprint density at radius 2 is 1.48 bits per heavy atom. The smallest absolute Gasteiger partial charge is 0.416 e. The standard InChI is InChI=1S/C21H22F3N3O4/c1-20(2,3)31-19(30)25-12-17(28)26-15-5-4-6-16(11-15)27-18(29)13-7-9-14(10-8-13)21(22,23)24/h4-11H,12H2,1-3H3,(H,25,30)(H,26,28)(H,27,29). The summed E-state index contributed by atoms with van der Waals surface area (Å²) < 4.78 is 42.9. The number of halogens is 3. The summed E-state index contributed by atoms with van der Waals surface area (Å²) >= 11 is 0. The van der Waals surface area contributed by atoms with E-state index in [1.165, 1.54) is 6.07 Å². The average molecular weight is 437 g/mol. The molecular weight excluding hydrogens is 415 g/mol. The number of hydrogen-bond acceptors (Lipinski definition) is 4. The molecule has 0 heterocycles. The molecular formula is C21H22F3N3O4. The largest absolute Gasteiger partial charge is 0.444 e. The van der Waals surface area contributed by atoms with Crippen molar-refractivity contribution >= 4 is 29.3 Å². The molecule has 166 valence electrons. The lowest BCUT2D eigenvalue weighted by molar-refractivity contribution is -0.137. The van der Waals surface area contributed by atoms with Gasteiger partial charge in [-0.05, 0) is 63.2 Å². The molecule has 0 aromatic heterocycles. The summed E-state index contributed by atoms with van der Waals surface area (Å²) in [5, 5.41) is 7.42. The molecule has 31 heavy (non-hydrogen) atoms. The Bertz CT molecular complexity index is 952. The predicted octanol–water partition coefficient (Wildman–Crippen LogP) is 4.42. The quantitative estimate of drug-likeness (QED) is 0.645. The second-order valence-electron chi connectivity index (χ2n) is 7.51. The first-order valence-electron chi connectivity index (χ1n) is 9.19. The van der Waals surface area contributed by atoms with E-state index in [0.717, 1.165) is 24.3 Å². The number of carbonyl (C=O) groups excluding carboxylic acids is 3. The Kier molecular flexibility index (Phi) is 7.27. The number of carbonyl (C=O) groups is 3. The Labute approximate surface area is 177 Å². The van der Waals surface area contributed by atoms with Crippen LogP contribution in [0.2, 0.25) is 0 Å². The summed E-state index contributed by atoms with van der Waals surface area (Å²) in [6.07, 6.45) is -5.22. The molecule has 0 aliphatic carbocycles. The number of anilines is 2. The summed E-state index contributed by atoms with van der Waals surface area (Å²) in [5.74, 6) is -1.12. The lowest BCUT2D eigenvalue weighted by Crippen LogP contribution is -2.37. The summed E-state index contributed by atoms with van der Waals surface area (Å²) in [4.78, 5) is 35.8. The van der Waals surface area contributed by atoms with E-state index in [-0.39, 0.29) is 12.1 Å². The predicted molar refractivity (Wildman–Crippen MR) is 109 cm³/mol. The van der Waals surface area contributed by atoms with Gasteiger partial charge in [-0.3, -0.25) is 9.59 Å². The molecule has 2 aromatic rings. The van der Waals surface area contributed by atoms with Crippen LogP contribution in [-0.2, 0) is 15.7 Å². The van der Waals surface area contributed by atoms with Crippen molar-refractivity contribution in [3.63, 3.8) is 0 Å². The topological polar surface area (TPSA) is 96.5 Å². The van der Waals surface area contributed by atoms with E-state index < -0.39 is 35.2 Å². The number of alkyl carbamates (subject to hydrolysis) is 1. The van der Waals surface area contributed by atoms with E-state index in [0.29, 0.717) is 11.4 Å². The fraction of sp³-hybridized carbons (Fsp3) is 0.286. The molecule has 0 radical (unpaired) electrons. The maximum absolute atomic E-state index is 12.6.